The fourth-order valence-electron chi connectivity index (χ4n) is 1.86. The Hall–Kier alpha value is -0.760. The largest absolute Gasteiger partial charge is 0.379 e. The number of hydrogen-bond acceptors (Lipinski definition) is 1. The van der Waals surface area contributed by atoms with Crippen LogP contribution in [0.25, 0.3) is 0 Å². The molecule has 1 aromatic rings. The van der Waals surface area contributed by atoms with Crippen LogP contribution in [0.5, 0.6) is 0 Å². The van der Waals surface area contributed by atoms with E-state index in [2.05, 4.69) is 12.2 Å². The summed E-state index contributed by atoms with van der Waals surface area (Å²) in [5.74, 6) is 0.482. The van der Waals surface area contributed by atoms with E-state index in [1.807, 2.05) is 0 Å². The van der Waals surface area contributed by atoms with Crippen LogP contribution in [0.4, 0.5) is 10.1 Å². The van der Waals surface area contributed by atoms with Crippen molar-refractivity contribution in [2.75, 3.05) is 5.32 Å². The Bertz CT molecular complexity index is 314. The molecular formula is C11H13ClFN. The van der Waals surface area contributed by atoms with Gasteiger partial charge in [-0.3, -0.25) is 0 Å². The number of rotatable bonds is 2. The van der Waals surface area contributed by atoms with Gasteiger partial charge in [-0.05, 0) is 30.9 Å². The van der Waals surface area contributed by atoms with Crippen LogP contribution >= 0.6 is 11.6 Å². The highest BCUT2D eigenvalue weighted by atomic mass is 35.5. The standard InChI is InChI=1S/C11H13ClFN/c1-7-5-8(6-7)14-11-9(12)3-2-4-10(11)13/h2-4,7-8,14H,5-6H2,1H3. The van der Waals surface area contributed by atoms with Crippen LogP contribution in [0.15, 0.2) is 18.2 Å². The summed E-state index contributed by atoms with van der Waals surface area (Å²) in [6.45, 7) is 2.20. The molecule has 0 radical (unpaired) electrons. The molecule has 14 heavy (non-hydrogen) atoms. The normalized spacial score (nSPS) is 25.6. The summed E-state index contributed by atoms with van der Waals surface area (Å²) in [5, 5.41) is 3.60. The van der Waals surface area contributed by atoms with Crippen LogP contribution in [0.1, 0.15) is 19.8 Å². The van der Waals surface area contributed by atoms with Crippen molar-refractivity contribution < 1.29 is 4.39 Å². The quantitative estimate of drug-likeness (QED) is 0.790. The van der Waals surface area contributed by atoms with E-state index in [4.69, 9.17) is 11.6 Å². The summed E-state index contributed by atoms with van der Waals surface area (Å²) < 4.78 is 13.3. The first-order valence-electron chi connectivity index (χ1n) is 4.87. The lowest BCUT2D eigenvalue weighted by molar-refractivity contribution is 0.308. The van der Waals surface area contributed by atoms with Gasteiger partial charge in [-0.15, -0.1) is 0 Å². The second-order valence-corrected chi connectivity index (χ2v) is 4.42. The molecule has 2 rings (SSSR count). The zero-order chi connectivity index (χ0) is 10.1. The Labute approximate surface area is 88.3 Å². The maximum Gasteiger partial charge on any atom is 0.147 e. The van der Waals surface area contributed by atoms with Crippen LogP contribution in [-0.2, 0) is 0 Å². The van der Waals surface area contributed by atoms with Crippen LogP contribution in [0.3, 0.4) is 0 Å². The fourth-order valence-corrected chi connectivity index (χ4v) is 2.08. The van der Waals surface area contributed by atoms with Gasteiger partial charge in [-0.1, -0.05) is 24.6 Å². The van der Waals surface area contributed by atoms with Crippen molar-refractivity contribution >= 4 is 17.3 Å². The van der Waals surface area contributed by atoms with Crippen molar-refractivity contribution in [2.45, 2.75) is 25.8 Å². The first kappa shape index (κ1) is 9.78. The molecule has 1 fully saturated rings. The molecule has 0 amide bonds. The lowest BCUT2D eigenvalue weighted by Gasteiger charge is -2.34. The van der Waals surface area contributed by atoms with E-state index < -0.39 is 0 Å². The smallest absolute Gasteiger partial charge is 0.147 e. The van der Waals surface area contributed by atoms with Crippen molar-refractivity contribution in [3.05, 3.63) is 29.0 Å². The molecule has 76 valence electrons. The van der Waals surface area contributed by atoms with E-state index in [9.17, 15) is 4.39 Å². The number of halogens is 2. The number of para-hydroxylation sites is 1. The summed E-state index contributed by atoms with van der Waals surface area (Å²) in [4.78, 5) is 0. The van der Waals surface area contributed by atoms with Crippen LogP contribution in [0.2, 0.25) is 5.02 Å². The summed E-state index contributed by atoms with van der Waals surface area (Å²) in [7, 11) is 0. The molecule has 0 atom stereocenters. The molecule has 3 heteroatoms. The second kappa shape index (κ2) is 3.77. The van der Waals surface area contributed by atoms with Gasteiger partial charge in [-0.2, -0.15) is 0 Å². The first-order chi connectivity index (χ1) is 6.66. The molecule has 1 nitrogen and oxygen atoms in total. The van der Waals surface area contributed by atoms with E-state index in [0.717, 1.165) is 18.8 Å². The number of anilines is 1. The van der Waals surface area contributed by atoms with Crippen LogP contribution in [-0.4, -0.2) is 6.04 Å². The van der Waals surface area contributed by atoms with Crippen molar-refractivity contribution in [3.63, 3.8) is 0 Å². The predicted molar refractivity (Wildman–Crippen MR) is 57.2 cm³/mol. The maximum atomic E-state index is 13.3. The topological polar surface area (TPSA) is 12.0 Å². The monoisotopic (exact) mass is 213 g/mol. The Morgan fingerprint density at radius 2 is 2.14 bits per heavy atom. The van der Waals surface area contributed by atoms with Crippen LogP contribution in [0, 0.1) is 11.7 Å². The predicted octanol–water partition coefficient (Wildman–Crippen LogP) is 3.69. The maximum absolute atomic E-state index is 13.3. The summed E-state index contributed by atoms with van der Waals surface area (Å²) >= 11 is 5.89. The number of hydrogen-bond donors (Lipinski definition) is 1. The van der Waals surface area contributed by atoms with Gasteiger partial charge in [0, 0.05) is 6.04 Å². The molecule has 1 aliphatic carbocycles. The average Bonchev–Trinajstić information content (AvgIpc) is 2.08. The van der Waals surface area contributed by atoms with Crippen LogP contribution < -0.4 is 5.32 Å². The van der Waals surface area contributed by atoms with Gasteiger partial charge in [0.15, 0.2) is 0 Å². The number of benzene rings is 1. The van der Waals surface area contributed by atoms with Crippen molar-refractivity contribution in [1.29, 1.82) is 0 Å². The first-order valence-corrected chi connectivity index (χ1v) is 5.25. The molecule has 1 aliphatic rings. The van der Waals surface area contributed by atoms with Gasteiger partial charge < -0.3 is 5.32 Å². The summed E-state index contributed by atoms with van der Waals surface area (Å²) in [5.41, 5.74) is 0.450. The fraction of sp³-hybridized carbons (Fsp3) is 0.455. The van der Waals surface area contributed by atoms with Gasteiger partial charge in [0.2, 0.25) is 0 Å². The van der Waals surface area contributed by atoms with E-state index in [0.29, 0.717) is 16.8 Å². The lowest BCUT2D eigenvalue weighted by Crippen LogP contribution is -2.34. The molecule has 1 N–H and O–H groups in total. The molecule has 0 aromatic heterocycles. The van der Waals surface area contributed by atoms with E-state index >= 15 is 0 Å². The van der Waals surface area contributed by atoms with E-state index in [1.165, 1.54) is 6.07 Å². The Morgan fingerprint density at radius 1 is 1.43 bits per heavy atom. The molecule has 0 heterocycles. The molecule has 1 aromatic carbocycles. The average molecular weight is 214 g/mol. The van der Waals surface area contributed by atoms with Gasteiger partial charge in [-0.25, -0.2) is 4.39 Å². The van der Waals surface area contributed by atoms with Crippen molar-refractivity contribution in [1.82, 2.24) is 0 Å². The minimum absolute atomic E-state index is 0.267. The SMILES string of the molecule is CC1CC(Nc2c(F)cccc2Cl)C1. The molecule has 0 saturated heterocycles. The lowest BCUT2D eigenvalue weighted by atomic mass is 9.82. The zero-order valence-electron chi connectivity index (χ0n) is 8.06. The Kier molecular flexibility index (Phi) is 2.64. The molecule has 0 unspecified atom stereocenters. The third kappa shape index (κ3) is 1.85. The summed E-state index contributed by atoms with van der Waals surface area (Å²) in [6, 6.07) is 5.14. The molecular weight excluding hydrogens is 201 g/mol. The highest BCUT2D eigenvalue weighted by Gasteiger charge is 2.26. The molecule has 1 saturated carbocycles. The molecule has 0 aliphatic heterocycles. The number of nitrogens with one attached hydrogen (secondary N) is 1. The van der Waals surface area contributed by atoms with Gasteiger partial charge in [0.1, 0.15) is 5.82 Å². The third-order valence-electron chi connectivity index (χ3n) is 2.68. The highest BCUT2D eigenvalue weighted by molar-refractivity contribution is 6.33. The molecule has 0 spiro atoms. The van der Waals surface area contributed by atoms with Gasteiger partial charge in [0.25, 0.3) is 0 Å². The van der Waals surface area contributed by atoms with E-state index in [-0.39, 0.29) is 5.82 Å². The zero-order valence-corrected chi connectivity index (χ0v) is 8.81. The Morgan fingerprint density at radius 3 is 2.71 bits per heavy atom. The highest BCUT2D eigenvalue weighted by Crippen LogP contribution is 2.33. The van der Waals surface area contributed by atoms with Gasteiger partial charge in [0.05, 0.1) is 10.7 Å². The summed E-state index contributed by atoms with van der Waals surface area (Å²) in [6.07, 6.45) is 2.20. The van der Waals surface area contributed by atoms with Gasteiger partial charge >= 0.3 is 0 Å². The molecule has 0 bridgehead atoms. The minimum Gasteiger partial charge on any atom is -0.379 e. The third-order valence-corrected chi connectivity index (χ3v) is 3.00. The Balaban J connectivity index is 2.09. The minimum atomic E-state index is -0.267. The second-order valence-electron chi connectivity index (χ2n) is 4.01. The van der Waals surface area contributed by atoms with E-state index in [1.54, 1.807) is 12.1 Å². The van der Waals surface area contributed by atoms with Crippen molar-refractivity contribution in [3.8, 4) is 0 Å². The van der Waals surface area contributed by atoms with Crippen molar-refractivity contribution in [2.24, 2.45) is 5.92 Å².